The third-order valence-corrected chi connectivity index (χ3v) is 6.26. The normalized spacial score (nSPS) is 27.2. The van der Waals surface area contributed by atoms with Crippen molar-refractivity contribution in [3.63, 3.8) is 0 Å². The quantitative estimate of drug-likeness (QED) is 0.763. The number of hydrogen-bond acceptors (Lipinski definition) is 6. The predicted octanol–water partition coefficient (Wildman–Crippen LogP) is 2.77. The van der Waals surface area contributed by atoms with Crippen molar-refractivity contribution >= 4 is 23.2 Å². The number of nitrogens with zero attached hydrogens (tertiary/aromatic N) is 2. The van der Waals surface area contributed by atoms with E-state index in [-0.39, 0.29) is 11.8 Å². The number of hydrogen-bond donors (Lipinski definition) is 1. The third kappa shape index (κ3) is 6.16. The van der Waals surface area contributed by atoms with Gasteiger partial charge in [0.1, 0.15) is 0 Å². The van der Waals surface area contributed by atoms with Gasteiger partial charge < -0.3 is 9.84 Å². The van der Waals surface area contributed by atoms with E-state index in [2.05, 4.69) is 22.4 Å². The van der Waals surface area contributed by atoms with Crippen molar-refractivity contribution in [1.82, 2.24) is 9.96 Å². The second-order valence-electron chi connectivity index (χ2n) is 7.60. The maximum Gasteiger partial charge on any atom is 0.490 e. The molecule has 1 amide bonds. The summed E-state index contributed by atoms with van der Waals surface area (Å²) in [6.45, 7) is 5.10. The molecular weight excluding hydrogens is 425 g/mol. The largest absolute Gasteiger partial charge is 0.490 e. The number of piperidine rings is 1. The molecule has 0 bridgehead atoms. The van der Waals surface area contributed by atoms with Crippen LogP contribution in [0.4, 0.5) is 13.2 Å². The fourth-order valence-electron chi connectivity index (χ4n) is 3.97. The Kier molecular flexibility index (Phi) is 7.72. The van der Waals surface area contributed by atoms with Crippen molar-refractivity contribution in [2.75, 3.05) is 32.8 Å². The highest BCUT2D eigenvalue weighted by Gasteiger charge is 2.40. The number of alkyl halides is 3. The van der Waals surface area contributed by atoms with Gasteiger partial charge in [0.15, 0.2) is 0 Å². The van der Waals surface area contributed by atoms with Gasteiger partial charge in [0.2, 0.25) is 0 Å². The average molecular weight is 450 g/mol. The number of rotatable bonds is 3. The Bertz CT molecular complexity index is 710. The molecule has 1 aromatic rings. The number of hydroxylamine groups is 2. The Morgan fingerprint density at radius 2 is 2.07 bits per heavy atom. The molecule has 3 fully saturated rings. The van der Waals surface area contributed by atoms with Gasteiger partial charge in [0, 0.05) is 24.5 Å². The number of likely N-dealkylation sites (tertiary alicyclic amines) is 1. The zero-order valence-corrected chi connectivity index (χ0v) is 17.2. The van der Waals surface area contributed by atoms with Crippen LogP contribution in [0.2, 0.25) is 0 Å². The lowest BCUT2D eigenvalue weighted by Crippen LogP contribution is -2.50. The summed E-state index contributed by atoms with van der Waals surface area (Å²) in [6, 6.07) is 4.31. The fourth-order valence-corrected chi connectivity index (χ4v) is 4.71. The highest BCUT2D eigenvalue weighted by Crippen LogP contribution is 2.33. The fraction of sp³-hybridized carbons (Fsp3) is 0.684. The Morgan fingerprint density at radius 3 is 2.67 bits per heavy atom. The molecule has 3 aliphatic heterocycles. The van der Waals surface area contributed by atoms with Gasteiger partial charge >= 0.3 is 12.1 Å². The standard InChI is InChI=1S/C17H24N2O3S.C2HF3O2/c20-17(19-5-2-7-22-19)14-9-13-10-18(6-4-16(13)21-12-14)11-15-3-1-8-23-15;3-2(4,5)1(6)7/h1,3,8,13-14,16H,2,4-7,9-12H2;(H,6,7)/t13-,14-,16+;/m0./s1. The number of fused-ring (bicyclic) bond motifs is 1. The minimum atomic E-state index is -5.08. The first kappa shape index (κ1) is 23.0. The van der Waals surface area contributed by atoms with E-state index in [4.69, 9.17) is 19.5 Å². The Balaban J connectivity index is 0.000000318. The van der Waals surface area contributed by atoms with Gasteiger partial charge in [-0.05, 0) is 36.6 Å². The average Bonchev–Trinajstić information content (AvgIpc) is 3.41. The van der Waals surface area contributed by atoms with Crippen LogP contribution in [0.1, 0.15) is 24.1 Å². The van der Waals surface area contributed by atoms with Gasteiger partial charge in [-0.25, -0.2) is 9.86 Å². The zero-order chi connectivity index (χ0) is 21.7. The van der Waals surface area contributed by atoms with E-state index in [0.717, 1.165) is 45.4 Å². The highest BCUT2D eigenvalue weighted by atomic mass is 32.1. The molecule has 168 valence electrons. The minimum absolute atomic E-state index is 0.0314. The molecule has 1 aromatic heterocycles. The summed E-state index contributed by atoms with van der Waals surface area (Å²) in [6.07, 6.45) is -1.79. The van der Waals surface area contributed by atoms with Crippen LogP contribution in [-0.4, -0.2) is 72.1 Å². The van der Waals surface area contributed by atoms with E-state index in [1.54, 1.807) is 5.06 Å². The molecule has 0 aliphatic carbocycles. The van der Waals surface area contributed by atoms with Crippen molar-refractivity contribution in [3.8, 4) is 0 Å². The summed E-state index contributed by atoms with van der Waals surface area (Å²) in [7, 11) is 0. The minimum Gasteiger partial charge on any atom is -0.475 e. The molecule has 1 N–H and O–H groups in total. The van der Waals surface area contributed by atoms with Crippen LogP contribution in [0.5, 0.6) is 0 Å². The molecule has 0 radical (unpaired) electrons. The van der Waals surface area contributed by atoms with Crippen molar-refractivity contribution in [3.05, 3.63) is 22.4 Å². The molecular formula is C19H25F3N2O5S. The van der Waals surface area contributed by atoms with E-state index in [0.29, 0.717) is 25.2 Å². The maximum absolute atomic E-state index is 12.5. The molecule has 30 heavy (non-hydrogen) atoms. The first-order valence-electron chi connectivity index (χ1n) is 9.84. The lowest BCUT2D eigenvalue weighted by Gasteiger charge is -2.43. The van der Waals surface area contributed by atoms with Gasteiger partial charge in [-0.1, -0.05) is 6.07 Å². The molecule has 0 unspecified atom stereocenters. The Labute approximate surface area is 176 Å². The van der Waals surface area contributed by atoms with Gasteiger partial charge in [-0.3, -0.25) is 14.5 Å². The zero-order valence-electron chi connectivity index (χ0n) is 16.3. The first-order chi connectivity index (χ1) is 14.2. The number of aliphatic carboxylic acids is 1. The van der Waals surface area contributed by atoms with E-state index < -0.39 is 12.1 Å². The third-order valence-electron chi connectivity index (χ3n) is 5.40. The molecule has 0 spiro atoms. The maximum atomic E-state index is 12.5. The number of carboxylic acid groups (broad SMARTS) is 1. The second kappa shape index (κ2) is 10.1. The number of carbonyl (C=O) groups excluding carboxylic acids is 1. The molecule has 3 aliphatic rings. The number of carboxylic acids is 1. The van der Waals surface area contributed by atoms with Crippen molar-refractivity contribution in [2.24, 2.45) is 11.8 Å². The molecule has 4 heterocycles. The van der Waals surface area contributed by atoms with Crippen molar-refractivity contribution in [1.29, 1.82) is 0 Å². The van der Waals surface area contributed by atoms with Crippen molar-refractivity contribution < 1.29 is 37.4 Å². The van der Waals surface area contributed by atoms with Crippen LogP contribution in [0.15, 0.2) is 17.5 Å². The molecule has 3 atom stereocenters. The molecule has 11 heteroatoms. The first-order valence-corrected chi connectivity index (χ1v) is 10.7. The van der Waals surface area contributed by atoms with E-state index in [1.165, 1.54) is 4.88 Å². The van der Waals surface area contributed by atoms with Gasteiger partial charge in [-0.2, -0.15) is 13.2 Å². The number of carbonyl (C=O) groups is 2. The Morgan fingerprint density at radius 1 is 1.30 bits per heavy atom. The molecule has 4 rings (SSSR count). The second-order valence-corrected chi connectivity index (χ2v) is 8.63. The van der Waals surface area contributed by atoms with Gasteiger partial charge in [-0.15, -0.1) is 11.3 Å². The number of amides is 1. The van der Waals surface area contributed by atoms with Crippen LogP contribution in [0.25, 0.3) is 0 Å². The van der Waals surface area contributed by atoms with Gasteiger partial charge in [0.25, 0.3) is 5.91 Å². The van der Waals surface area contributed by atoms with E-state index in [1.807, 2.05) is 11.3 Å². The molecule has 0 aromatic carbocycles. The summed E-state index contributed by atoms with van der Waals surface area (Å²) in [5.74, 6) is -2.20. The van der Waals surface area contributed by atoms with Crippen LogP contribution >= 0.6 is 11.3 Å². The van der Waals surface area contributed by atoms with Crippen LogP contribution < -0.4 is 0 Å². The summed E-state index contributed by atoms with van der Waals surface area (Å²) >= 11 is 1.82. The number of thiophene rings is 1. The molecule has 7 nitrogen and oxygen atoms in total. The lowest BCUT2D eigenvalue weighted by molar-refractivity contribution is -0.192. The predicted molar refractivity (Wildman–Crippen MR) is 102 cm³/mol. The lowest BCUT2D eigenvalue weighted by atomic mass is 9.83. The van der Waals surface area contributed by atoms with Crippen LogP contribution in [0.3, 0.4) is 0 Å². The van der Waals surface area contributed by atoms with Gasteiger partial charge in [0.05, 0.1) is 31.8 Å². The van der Waals surface area contributed by atoms with Crippen LogP contribution in [0, 0.1) is 11.8 Å². The van der Waals surface area contributed by atoms with Crippen LogP contribution in [-0.2, 0) is 25.7 Å². The van der Waals surface area contributed by atoms with E-state index >= 15 is 0 Å². The topological polar surface area (TPSA) is 79.3 Å². The summed E-state index contributed by atoms with van der Waals surface area (Å²) in [4.78, 5) is 30.8. The summed E-state index contributed by atoms with van der Waals surface area (Å²) < 4.78 is 37.8. The number of halogens is 3. The number of ether oxygens (including phenoxy) is 1. The molecule has 0 saturated carbocycles. The SMILES string of the molecule is O=C(O)C(F)(F)F.O=C([C@@H]1CO[C@@H]2CCN(Cc3cccs3)C[C@@H]2C1)N1CCCO1. The molecule has 3 saturated heterocycles. The van der Waals surface area contributed by atoms with Crippen molar-refractivity contribution in [2.45, 2.75) is 38.1 Å². The smallest absolute Gasteiger partial charge is 0.475 e. The highest BCUT2D eigenvalue weighted by molar-refractivity contribution is 7.09. The summed E-state index contributed by atoms with van der Waals surface area (Å²) in [5, 5.41) is 10.8. The summed E-state index contributed by atoms with van der Waals surface area (Å²) in [5.41, 5.74) is 0. The monoisotopic (exact) mass is 450 g/mol. The Hall–Kier alpha value is -1.69. The van der Waals surface area contributed by atoms with E-state index in [9.17, 15) is 18.0 Å².